The van der Waals surface area contributed by atoms with Gasteiger partial charge in [0.1, 0.15) is 17.0 Å². The number of aryl methyl sites for hydroxylation is 1. The molecule has 0 saturated carbocycles. The van der Waals surface area contributed by atoms with Crippen LogP contribution in [0.3, 0.4) is 0 Å². The largest absolute Gasteiger partial charge is 0.383 e. The number of hydrogen-bond donors (Lipinski definition) is 1. The average molecular weight is 513 g/mol. The van der Waals surface area contributed by atoms with E-state index in [2.05, 4.69) is 15.3 Å². The third-order valence-corrected chi connectivity index (χ3v) is 8.66. The van der Waals surface area contributed by atoms with Crippen molar-refractivity contribution in [3.63, 3.8) is 0 Å². The standard InChI is InChI=1S/C25H28N4O4S2/c1-32-9-7-29(8-10-33-2)25(31)16-4-6-18-20(11-16)35-24-22(18)23(26-14-27-24)28-17-5-3-15-12-21(30)34-19(15)13-17/h3,5,13-14,16H,4,6-12H2,1-2H3,(H,26,27,28). The lowest BCUT2D eigenvalue weighted by Gasteiger charge is -2.29. The summed E-state index contributed by atoms with van der Waals surface area (Å²) in [6, 6.07) is 6.02. The zero-order valence-electron chi connectivity index (χ0n) is 19.8. The van der Waals surface area contributed by atoms with Gasteiger partial charge in [0, 0.05) is 55.1 Å². The molecule has 35 heavy (non-hydrogen) atoms. The third kappa shape index (κ3) is 5.06. The zero-order chi connectivity index (χ0) is 24.4. The second kappa shape index (κ2) is 10.6. The van der Waals surface area contributed by atoms with Gasteiger partial charge in [-0.1, -0.05) is 17.8 Å². The fourth-order valence-electron chi connectivity index (χ4n) is 4.73. The summed E-state index contributed by atoms with van der Waals surface area (Å²) in [5.41, 5.74) is 3.22. The third-order valence-electron chi connectivity index (χ3n) is 6.53. The first-order chi connectivity index (χ1) is 17.1. The highest BCUT2D eigenvalue weighted by molar-refractivity contribution is 8.14. The summed E-state index contributed by atoms with van der Waals surface area (Å²) < 4.78 is 10.4. The number of aromatic nitrogens is 2. The van der Waals surface area contributed by atoms with Crippen molar-refractivity contribution in [2.75, 3.05) is 45.8 Å². The molecule has 3 heterocycles. The molecule has 0 fully saturated rings. The Labute approximate surface area is 212 Å². The lowest BCUT2D eigenvalue weighted by molar-refractivity contribution is -0.137. The molecule has 1 amide bonds. The minimum atomic E-state index is -0.0556. The van der Waals surface area contributed by atoms with Gasteiger partial charge in [0.2, 0.25) is 5.91 Å². The maximum atomic E-state index is 13.3. The smallest absolute Gasteiger partial charge is 0.226 e. The van der Waals surface area contributed by atoms with Crippen molar-refractivity contribution >= 4 is 55.8 Å². The SMILES string of the molecule is COCCN(CCOC)C(=O)C1CCc2c(sc3ncnc(Nc4ccc5c(c4)SC(=O)C5)c23)C1. The number of anilines is 2. The summed E-state index contributed by atoms with van der Waals surface area (Å²) in [5.74, 6) is 0.880. The van der Waals surface area contributed by atoms with Crippen LogP contribution in [0.1, 0.15) is 22.4 Å². The van der Waals surface area contributed by atoms with Crippen molar-refractivity contribution in [1.29, 1.82) is 0 Å². The number of methoxy groups -OCH3 is 2. The van der Waals surface area contributed by atoms with E-state index in [0.717, 1.165) is 45.0 Å². The fraction of sp³-hybridized carbons (Fsp3) is 0.440. The van der Waals surface area contributed by atoms with Gasteiger partial charge in [0.25, 0.3) is 0 Å². The lowest BCUT2D eigenvalue weighted by Crippen LogP contribution is -2.41. The van der Waals surface area contributed by atoms with E-state index in [-0.39, 0.29) is 16.9 Å². The summed E-state index contributed by atoms with van der Waals surface area (Å²) in [5, 5.41) is 4.68. The number of rotatable bonds is 9. The van der Waals surface area contributed by atoms with E-state index in [1.807, 2.05) is 23.1 Å². The van der Waals surface area contributed by atoms with Gasteiger partial charge in [-0.3, -0.25) is 9.59 Å². The molecule has 1 aliphatic carbocycles. The number of benzene rings is 1. The highest BCUT2D eigenvalue weighted by atomic mass is 32.2. The number of thioether (sulfide) groups is 1. The van der Waals surface area contributed by atoms with Gasteiger partial charge in [-0.15, -0.1) is 11.3 Å². The molecule has 5 rings (SSSR count). The van der Waals surface area contributed by atoms with E-state index in [1.165, 1.54) is 22.2 Å². The molecule has 0 radical (unpaired) electrons. The van der Waals surface area contributed by atoms with Crippen LogP contribution in [0.15, 0.2) is 29.4 Å². The maximum Gasteiger partial charge on any atom is 0.226 e. The summed E-state index contributed by atoms with van der Waals surface area (Å²) >= 11 is 2.95. The molecule has 184 valence electrons. The van der Waals surface area contributed by atoms with E-state index >= 15 is 0 Å². The maximum absolute atomic E-state index is 13.3. The molecule has 2 aromatic heterocycles. The first-order valence-corrected chi connectivity index (χ1v) is 13.3. The summed E-state index contributed by atoms with van der Waals surface area (Å²) in [6.45, 7) is 2.16. The van der Waals surface area contributed by atoms with Crippen LogP contribution < -0.4 is 5.32 Å². The predicted molar refractivity (Wildman–Crippen MR) is 138 cm³/mol. The van der Waals surface area contributed by atoms with Gasteiger partial charge >= 0.3 is 0 Å². The number of ether oxygens (including phenoxy) is 2. The molecule has 1 N–H and O–H groups in total. The normalized spacial score (nSPS) is 16.9. The average Bonchev–Trinajstić information content (AvgIpc) is 3.42. The van der Waals surface area contributed by atoms with E-state index in [1.54, 1.807) is 31.9 Å². The van der Waals surface area contributed by atoms with Crippen molar-refractivity contribution in [3.8, 4) is 0 Å². The highest BCUT2D eigenvalue weighted by Crippen LogP contribution is 2.41. The number of thiophene rings is 1. The summed E-state index contributed by atoms with van der Waals surface area (Å²) in [4.78, 5) is 39.2. The van der Waals surface area contributed by atoms with E-state index in [9.17, 15) is 9.59 Å². The number of nitrogens with one attached hydrogen (secondary N) is 1. The fourth-order valence-corrected chi connectivity index (χ4v) is 6.93. The molecular weight excluding hydrogens is 484 g/mol. The molecule has 8 nitrogen and oxygen atoms in total. The number of nitrogens with zero attached hydrogens (tertiary/aromatic N) is 3. The molecule has 1 aliphatic heterocycles. The first kappa shape index (κ1) is 24.2. The Bertz CT molecular complexity index is 1250. The zero-order valence-corrected chi connectivity index (χ0v) is 21.5. The van der Waals surface area contributed by atoms with Crippen molar-refractivity contribution in [2.24, 2.45) is 5.92 Å². The first-order valence-electron chi connectivity index (χ1n) is 11.7. The van der Waals surface area contributed by atoms with Gasteiger partial charge < -0.3 is 19.7 Å². The van der Waals surface area contributed by atoms with Crippen molar-refractivity contribution in [1.82, 2.24) is 14.9 Å². The van der Waals surface area contributed by atoms with Gasteiger partial charge in [0.15, 0.2) is 5.12 Å². The molecule has 1 unspecified atom stereocenters. The van der Waals surface area contributed by atoms with Crippen LogP contribution >= 0.6 is 23.1 Å². The Morgan fingerprint density at radius 2 is 2.00 bits per heavy atom. The number of amides is 1. The van der Waals surface area contributed by atoms with Gasteiger partial charge in [-0.25, -0.2) is 9.97 Å². The second-order valence-corrected chi connectivity index (χ2v) is 10.9. The van der Waals surface area contributed by atoms with E-state index < -0.39 is 0 Å². The molecule has 10 heteroatoms. The predicted octanol–water partition coefficient (Wildman–Crippen LogP) is 3.84. The van der Waals surface area contributed by atoms with Crippen LogP contribution in [-0.4, -0.2) is 66.4 Å². The summed E-state index contributed by atoms with van der Waals surface area (Å²) in [6.07, 6.45) is 4.38. The van der Waals surface area contributed by atoms with Gasteiger partial charge in [0.05, 0.1) is 18.6 Å². The Morgan fingerprint density at radius 3 is 2.77 bits per heavy atom. The Hall–Kier alpha value is -2.53. The van der Waals surface area contributed by atoms with Crippen LogP contribution in [-0.2, 0) is 38.3 Å². The monoisotopic (exact) mass is 512 g/mol. The highest BCUT2D eigenvalue weighted by Gasteiger charge is 2.31. The molecule has 0 bridgehead atoms. The lowest BCUT2D eigenvalue weighted by atomic mass is 9.87. The molecule has 0 saturated heterocycles. The van der Waals surface area contributed by atoms with Crippen LogP contribution in [0.5, 0.6) is 0 Å². The van der Waals surface area contributed by atoms with Crippen LogP contribution in [0, 0.1) is 5.92 Å². The second-order valence-electron chi connectivity index (χ2n) is 8.76. The number of fused-ring (bicyclic) bond motifs is 4. The number of hydrogen-bond acceptors (Lipinski definition) is 9. The summed E-state index contributed by atoms with van der Waals surface area (Å²) in [7, 11) is 3.30. The molecule has 3 aromatic rings. The van der Waals surface area contributed by atoms with Gasteiger partial charge in [-0.2, -0.15) is 0 Å². The molecule has 1 aromatic carbocycles. The van der Waals surface area contributed by atoms with E-state index in [4.69, 9.17) is 9.47 Å². The van der Waals surface area contributed by atoms with E-state index in [0.29, 0.717) is 39.1 Å². The minimum Gasteiger partial charge on any atom is -0.383 e. The van der Waals surface area contributed by atoms with Crippen LogP contribution in [0.2, 0.25) is 0 Å². The molecule has 0 spiro atoms. The topological polar surface area (TPSA) is 93.7 Å². The van der Waals surface area contributed by atoms with Crippen LogP contribution in [0.4, 0.5) is 11.5 Å². The Balaban J connectivity index is 1.37. The molecule has 1 atom stereocenters. The number of carbonyl (C=O) groups is 2. The minimum absolute atomic E-state index is 0.0556. The quantitative estimate of drug-likeness (QED) is 0.462. The Kier molecular flexibility index (Phi) is 7.33. The molecule has 2 aliphatic rings. The molecular formula is C25H28N4O4S2. The number of carbonyl (C=O) groups excluding carboxylic acids is 2. The van der Waals surface area contributed by atoms with Crippen molar-refractivity contribution in [3.05, 3.63) is 40.5 Å². The van der Waals surface area contributed by atoms with Crippen molar-refractivity contribution in [2.45, 2.75) is 30.6 Å². The van der Waals surface area contributed by atoms with Gasteiger partial charge in [-0.05, 0) is 42.5 Å². The van der Waals surface area contributed by atoms with Crippen LogP contribution in [0.25, 0.3) is 10.2 Å². The van der Waals surface area contributed by atoms with Crippen molar-refractivity contribution < 1.29 is 19.1 Å². The Morgan fingerprint density at radius 1 is 1.20 bits per heavy atom.